The number of imidazole rings is 1. The molecule has 1 amide bonds. The summed E-state index contributed by atoms with van der Waals surface area (Å²) in [5.74, 6) is 0.376. The van der Waals surface area contributed by atoms with Crippen molar-refractivity contribution in [1.29, 1.82) is 5.26 Å². The molecule has 11 heteroatoms. The van der Waals surface area contributed by atoms with Gasteiger partial charge in [0.2, 0.25) is 0 Å². The molecule has 2 fully saturated rings. The molecule has 210 valence electrons. The fourth-order valence-corrected chi connectivity index (χ4v) is 5.63. The normalized spacial score (nSPS) is 16.2. The number of carbonyl (C=O) groups is 1. The first-order valence-electron chi connectivity index (χ1n) is 13.6. The van der Waals surface area contributed by atoms with Gasteiger partial charge in [-0.05, 0) is 67.5 Å². The zero-order chi connectivity index (χ0) is 28.6. The summed E-state index contributed by atoms with van der Waals surface area (Å²) in [4.78, 5) is 29.7. The maximum Gasteiger partial charge on any atom is 0.573 e. The number of rotatable bonds is 5. The van der Waals surface area contributed by atoms with Crippen LogP contribution in [0.3, 0.4) is 0 Å². The van der Waals surface area contributed by atoms with Crippen molar-refractivity contribution in [2.75, 3.05) is 31.1 Å². The molecule has 0 unspecified atom stereocenters. The van der Waals surface area contributed by atoms with Crippen molar-refractivity contribution in [3.63, 3.8) is 0 Å². The van der Waals surface area contributed by atoms with Gasteiger partial charge in [-0.2, -0.15) is 5.26 Å². The SMILES string of the molecule is N#Cc1ccc(C2CCN(C(=O)c3cc(-c4nc5cc(N6CCCC6)ncc5[nH]4)ccc3OC(F)(F)F)CC2)cc1. The molecular formula is C30H27F3N6O2. The van der Waals surface area contributed by atoms with E-state index in [1.165, 1.54) is 18.2 Å². The average molecular weight is 561 g/mol. The third kappa shape index (κ3) is 5.68. The molecule has 4 aromatic rings. The number of nitriles is 1. The Labute approximate surface area is 234 Å². The van der Waals surface area contributed by atoms with Crippen molar-refractivity contribution in [2.24, 2.45) is 0 Å². The van der Waals surface area contributed by atoms with Crippen molar-refractivity contribution in [2.45, 2.75) is 38.0 Å². The summed E-state index contributed by atoms with van der Waals surface area (Å²) in [5, 5.41) is 9.03. The number of alkyl halides is 3. The number of halogens is 3. The number of nitrogens with one attached hydrogen (secondary N) is 1. The number of carbonyl (C=O) groups excluding carboxylic acids is 1. The third-order valence-corrected chi connectivity index (χ3v) is 7.79. The first kappa shape index (κ1) is 26.6. The summed E-state index contributed by atoms with van der Waals surface area (Å²) in [7, 11) is 0. The van der Waals surface area contributed by atoms with Gasteiger partial charge in [-0.15, -0.1) is 13.2 Å². The van der Waals surface area contributed by atoms with Gasteiger partial charge in [-0.3, -0.25) is 4.79 Å². The van der Waals surface area contributed by atoms with Crippen LogP contribution in [0.15, 0.2) is 54.7 Å². The number of ether oxygens (including phenoxy) is 1. The van der Waals surface area contributed by atoms with Gasteiger partial charge in [0.25, 0.3) is 5.91 Å². The Bertz CT molecular complexity index is 1610. The first-order valence-corrected chi connectivity index (χ1v) is 13.6. The molecule has 2 aliphatic heterocycles. The van der Waals surface area contributed by atoms with E-state index >= 15 is 0 Å². The number of piperidine rings is 1. The predicted octanol–water partition coefficient (Wildman–Crippen LogP) is 6.02. The number of amides is 1. The molecule has 41 heavy (non-hydrogen) atoms. The molecule has 8 nitrogen and oxygen atoms in total. The van der Waals surface area contributed by atoms with E-state index in [1.54, 1.807) is 23.2 Å². The lowest BCUT2D eigenvalue weighted by atomic mass is 9.89. The smallest absolute Gasteiger partial charge is 0.405 e. The number of fused-ring (bicyclic) bond motifs is 1. The van der Waals surface area contributed by atoms with Crippen LogP contribution in [0.5, 0.6) is 5.75 Å². The number of hydrogen-bond donors (Lipinski definition) is 1. The van der Waals surface area contributed by atoms with E-state index in [9.17, 15) is 18.0 Å². The quantitative estimate of drug-likeness (QED) is 0.321. The summed E-state index contributed by atoms with van der Waals surface area (Å²) in [6.45, 7) is 2.64. The number of aromatic amines is 1. The molecule has 4 heterocycles. The van der Waals surface area contributed by atoms with Gasteiger partial charge in [0.1, 0.15) is 17.4 Å². The summed E-state index contributed by atoms with van der Waals surface area (Å²) >= 11 is 0. The topological polar surface area (TPSA) is 98.1 Å². The standard InChI is InChI=1S/C30H27F3N6O2/c31-30(32,33)41-26-8-7-22(28-36-24-16-27(35-18-25(24)37-28)38-11-1-2-12-38)15-23(26)29(40)39-13-9-21(10-14-39)20-5-3-19(17-34)4-6-20/h3-8,15-16,18,21H,1-2,9-14H2,(H,36,37). The van der Waals surface area contributed by atoms with Gasteiger partial charge < -0.3 is 19.5 Å². The fraction of sp³-hybridized carbons (Fsp3) is 0.333. The molecule has 0 saturated carbocycles. The minimum Gasteiger partial charge on any atom is -0.405 e. The zero-order valence-electron chi connectivity index (χ0n) is 22.1. The van der Waals surface area contributed by atoms with Gasteiger partial charge in [0, 0.05) is 37.8 Å². The molecular weight excluding hydrogens is 533 g/mol. The third-order valence-electron chi connectivity index (χ3n) is 7.79. The summed E-state index contributed by atoms with van der Waals surface area (Å²) < 4.78 is 44.0. The Hall–Kier alpha value is -4.59. The van der Waals surface area contributed by atoms with Crippen molar-refractivity contribution < 1.29 is 22.7 Å². The van der Waals surface area contributed by atoms with E-state index in [-0.39, 0.29) is 11.5 Å². The van der Waals surface area contributed by atoms with Crippen LogP contribution in [0.1, 0.15) is 53.1 Å². The van der Waals surface area contributed by atoms with Crippen LogP contribution in [-0.2, 0) is 0 Å². The van der Waals surface area contributed by atoms with Gasteiger partial charge >= 0.3 is 6.36 Å². The van der Waals surface area contributed by atoms with E-state index < -0.39 is 18.0 Å². The van der Waals surface area contributed by atoms with Crippen LogP contribution >= 0.6 is 0 Å². The van der Waals surface area contributed by atoms with Crippen LogP contribution in [0.4, 0.5) is 19.0 Å². The molecule has 2 aromatic carbocycles. The Morgan fingerprint density at radius 2 is 1.76 bits per heavy atom. The molecule has 1 N–H and O–H groups in total. The molecule has 6 rings (SSSR count). The van der Waals surface area contributed by atoms with Gasteiger partial charge in [-0.25, -0.2) is 9.97 Å². The minimum absolute atomic E-state index is 0.173. The number of H-pyrrole nitrogens is 1. The van der Waals surface area contributed by atoms with E-state index in [0.29, 0.717) is 53.9 Å². The Morgan fingerprint density at radius 3 is 2.44 bits per heavy atom. The first-order chi connectivity index (χ1) is 19.8. The van der Waals surface area contributed by atoms with E-state index in [0.717, 1.165) is 37.3 Å². The second-order valence-electron chi connectivity index (χ2n) is 10.4. The average Bonchev–Trinajstić information content (AvgIpc) is 3.67. The number of anilines is 1. The van der Waals surface area contributed by atoms with Crippen LogP contribution < -0.4 is 9.64 Å². The monoisotopic (exact) mass is 560 g/mol. The summed E-state index contributed by atoms with van der Waals surface area (Å²) in [5.41, 5.74) is 3.32. The predicted molar refractivity (Wildman–Crippen MR) is 146 cm³/mol. The second kappa shape index (κ2) is 10.8. The van der Waals surface area contributed by atoms with Crippen LogP contribution in [0.2, 0.25) is 0 Å². The van der Waals surface area contributed by atoms with Crippen molar-refractivity contribution >= 4 is 22.8 Å². The Morgan fingerprint density at radius 1 is 1.02 bits per heavy atom. The number of hydrogen-bond acceptors (Lipinski definition) is 6. The number of nitrogens with zero attached hydrogens (tertiary/aromatic N) is 5. The lowest BCUT2D eigenvalue weighted by molar-refractivity contribution is -0.274. The molecule has 0 bridgehead atoms. The highest BCUT2D eigenvalue weighted by molar-refractivity contribution is 5.98. The number of likely N-dealkylation sites (tertiary alicyclic amines) is 1. The van der Waals surface area contributed by atoms with Gasteiger partial charge in [-0.1, -0.05) is 12.1 Å². The summed E-state index contributed by atoms with van der Waals surface area (Å²) in [6, 6.07) is 15.4. The van der Waals surface area contributed by atoms with Crippen LogP contribution in [0.25, 0.3) is 22.4 Å². The highest BCUT2D eigenvalue weighted by Gasteiger charge is 2.34. The van der Waals surface area contributed by atoms with E-state index in [1.807, 2.05) is 18.2 Å². The molecule has 0 atom stereocenters. The summed E-state index contributed by atoms with van der Waals surface area (Å²) in [6.07, 6.45) is 0.288. The Balaban J connectivity index is 1.25. The maximum atomic E-state index is 13.6. The molecule has 0 radical (unpaired) electrons. The molecule has 2 saturated heterocycles. The highest BCUT2D eigenvalue weighted by atomic mass is 19.4. The van der Waals surface area contributed by atoms with E-state index in [4.69, 9.17) is 5.26 Å². The van der Waals surface area contributed by atoms with Gasteiger partial charge in [0.15, 0.2) is 0 Å². The van der Waals surface area contributed by atoms with Crippen molar-refractivity contribution in [3.8, 4) is 23.2 Å². The molecule has 2 aliphatic rings. The van der Waals surface area contributed by atoms with E-state index in [2.05, 4.69) is 30.7 Å². The lowest BCUT2D eigenvalue weighted by Gasteiger charge is -2.32. The largest absolute Gasteiger partial charge is 0.573 e. The van der Waals surface area contributed by atoms with Crippen LogP contribution in [-0.4, -0.2) is 58.3 Å². The molecule has 0 aliphatic carbocycles. The maximum absolute atomic E-state index is 13.6. The lowest BCUT2D eigenvalue weighted by Crippen LogP contribution is -2.38. The number of benzene rings is 2. The van der Waals surface area contributed by atoms with Gasteiger partial charge in [0.05, 0.1) is 34.4 Å². The van der Waals surface area contributed by atoms with Crippen molar-refractivity contribution in [1.82, 2.24) is 19.9 Å². The Kier molecular flexibility index (Phi) is 6.99. The van der Waals surface area contributed by atoms with Crippen molar-refractivity contribution in [3.05, 3.63) is 71.4 Å². The second-order valence-corrected chi connectivity index (χ2v) is 10.4. The zero-order valence-corrected chi connectivity index (χ0v) is 22.1. The fourth-order valence-electron chi connectivity index (χ4n) is 5.63. The highest BCUT2D eigenvalue weighted by Crippen LogP contribution is 2.34. The number of aromatic nitrogens is 3. The molecule has 2 aromatic heterocycles. The minimum atomic E-state index is -4.95. The molecule has 0 spiro atoms. The van der Waals surface area contributed by atoms with Crippen LogP contribution in [0, 0.1) is 11.3 Å². The number of pyridine rings is 1.